The van der Waals surface area contributed by atoms with Gasteiger partial charge in [-0.3, -0.25) is 14.5 Å². The van der Waals surface area contributed by atoms with E-state index in [0.29, 0.717) is 22.4 Å². The highest BCUT2D eigenvalue weighted by atomic mass is 35.5. The Morgan fingerprint density at radius 3 is 2.63 bits per heavy atom. The van der Waals surface area contributed by atoms with Gasteiger partial charge in [0.1, 0.15) is 5.41 Å². The van der Waals surface area contributed by atoms with Crippen molar-refractivity contribution in [1.29, 1.82) is 0 Å². The van der Waals surface area contributed by atoms with E-state index in [1.54, 1.807) is 31.4 Å². The van der Waals surface area contributed by atoms with Crippen LogP contribution in [0.1, 0.15) is 75.5 Å². The number of nitrogens with one attached hydrogen (secondary N) is 2. The lowest BCUT2D eigenvalue weighted by Gasteiger charge is -2.57. The quantitative estimate of drug-likeness (QED) is 0.265. The molecule has 1 saturated carbocycles. The summed E-state index contributed by atoms with van der Waals surface area (Å²) >= 11 is 5.85. The van der Waals surface area contributed by atoms with E-state index in [4.69, 9.17) is 16.3 Å². The van der Waals surface area contributed by atoms with Crippen molar-refractivity contribution in [2.45, 2.75) is 83.3 Å². The average Bonchev–Trinajstić information content (AvgIpc) is 3.29. The summed E-state index contributed by atoms with van der Waals surface area (Å²) < 4.78 is 5.43. The fraction of sp³-hybridized carbons (Fsp3) is 0.529. The molecule has 4 aliphatic rings. The van der Waals surface area contributed by atoms with E-state index in [1.807, 2.05) is 27.7 Å². The third-order valence-electron chi connectivity index (χ3n) is 9.22. The lowest BCUT2D eigenvalue weighted by molar-refractivity contribution is -0.162. The summed E-state index contributed by atoms with van der Waals surface area (Å²) in [6.45, 7) is 12.4. The van der Waals surface area contributed by atoms with Gasteiger partial charge in [-0.2, -0.15) is 0 Å². The summed E-state index contributed by atoms with van der Waals surface area (Å²) in [5.41, 5.74) is 3.69. The number of carbonyl (C=O) groups is 2. The van der Waals surface area contributed by atoms with Gasteiger partial charge in [0, 0.05) is 51.9 Å². The number of H-pyrrole nitrogens is 1. The second-order valence-corrected chi connectivity index (χ2v) is 13.6. The minimum absolute atomic E-state index is 0.0416. The summed E-state index contributed by atoms with van der Waals surface area (Å²) in [5, 5.41) is 5.11. The number of aromatic amines is 1. The van der Waals surface area contributed by atoms with Crippen molar-refractivity contribution in [2.24, 2.45) is 11.8 Å². The van der Waals surface area contributed by atoms with Crippen molar-refractivity contribution < 1.29 is 14.3 Å². The number of ether oxygens (including phenoxy) is 1. The van der Waals surface area contributed by atoms with E-state index >= 15 is 0 Å². The number of carbonyl (C=O) groups excluding carboxylic acids is 2. The van der Waals surface area contributed by atoms with E-state index in [2.05, 4.69) is 46.4 Å². The Kier molecular flexibility index (Phi) is 8.39. The first-order valence-corrected chi connectivity index (χ1v) is 15.4. The van der Waals surface area contributed by atoms with E-state index in [9.17, 15) is 9.59 Å². The molecule has 7 rings (SSSR count). The van der Waals surface area contributed by atoms with Crippen molar-refractivity contribution >= 4 is 34.3 Å². The van der Waals surface area contributed by atoms with Crippen LogP contribution in [0.3, 0.4) is 0 Å². The molecular weight excluding hydrogens is 534 g/mol. The lowest BCUT2D eigenvalue weighted by atomic mass is 9.56. The van der Waals surface area contributed by atoms with Gasteiger partial charge >= 0.3 is 5.97 Å². The molecule has 0 amide bonds. The molecule has 0 radical (unpaired) electrons. The summed E-state index contributed by atoms with van der Waals surface area (Å²) in [4.78, 5) is 31.6. The van der Waals surface area contributed by atoms with E-state index in [0.717, 1.165) is 43.6 Å². The largest absolute Gasteiger partial charge is 0.468 e. The Morgan fingerprint density at radius 2 is 1.95 bits per heavy atom. The third kappa shape index (κ3) is 5.59. The predicted molar refractivity (Wildman–Crippen MR) is 166 cm³/mol. The van der Waals surface area contributed by atoms with Gasteiger partial charge in [0.15, 0.2) is 5.78 Å². The molecule has 2 saturated heterocycles. The Hall–Kier alpha value is -2.67. The molecule has 4 heterocycles. The van der Waals surface area contributed by atoms with Crippen LogP contribution in [-0.4, -0.2) is 59.5 Å². The number of halogens is 1. The molecular formula is C34H44ClN3O3. The highest BCUT2D eigenvalue weighted by Crippen LogP contribution is 2.55. The smallest absolute Gasteiger partial charge is 0.319 e. The van der Waals surface area contributed by atoms with E-state index in [-0.39, 0.29) is 29.4 Å². The molecule has 41 heavy (non-hydrogen) atoms. The van der Waals surface area contributed by atoms with Crippen molar-refractivity contribution in [2.75, 3.05) is 20.2 Å². The number of esters is 1. The molecule has 1 aliphatic carbocycles. The number of ketones is 1. The number of nitrogens with zero attached hydrogens (tertiary/aromatic N) is 1. The molecule has 2 N–H and O–H groups in total. The monoisotopic (exact) mass is 577 g/mol. The second-order valence-electron chi connectivity index (χ2n) is 13.1. The maximum Gasteiger partial charge on any atom is 0.319 e. The van der Waals surface area contributed by atoms with E-state index < -0.39 is 5.41 Å². The van der Waals surface area contributed by atoms with Gasteiger partial charge in [-0.1, -0.05) is 55.3 Å². The van der Waals surface area contributed by atoms with Crippen LogP contribution in [0.2, 0.25) is 5.02 Å². The fourth-order valence-corrected chi connectivity index (χ4v) is 8.06. The average molecular weight is 578 g/mol. The first-order chi connectivity index (χ1) is 19.5. The van der Waals surface area contributed by atoms with Crippen molar-refractivity contribution in [3.8, 4) is 0 Å². The van der Waals surface area contributed by atoms with E-state index in [1.165, 1.54) is 17.4 Å². The fourth-order valence-electron chi connectivity index (χ4n) is 7.87. The Labute approximate surface area is 249 Å². The molecule has 6 atom stereocenters. The Balaban J connectivity index is 0.000000184. The standard InChI is InChI=1S/C21H26N2O2.C13H18ClNO/c1-3-14-10-13-11-21(20(24)25-2)18-16(8-9-23(12-13)19(14)21)15-6-4-5-7-17(15)22-18;1-9(15-13(2,3)4)12(16)10-6-5-7-11(14)8-10/h4-7,13-14,19,22H,3,8-12H2,1-2H3;5-9,15H,1-4H3/t13?,14-,19-,21+;/m0./s1. The highest BCUT2D eigenvalue weighted by molar-refractivity contribution is 6.31. The van der Waals surface area contributed by atoms with Crippen LogP contribution < -0.4 is 5.32 Å². The van der Waals surface area contributed by atoms with Crippen molar-refractivity contribution in [3.05, 3.63) is 70.4 Å². The maximum atomic E-state index is 13.3. The number of rotatable bonds is 5. The van der Waals surface area contributed by atoms with Crippen LogP contribution in [0.15, 0.2) is 48.5 Å². The Morgan fingerprint density at radius 1 is 1.20 bits per heavy atom. The molecule has 0 spiro atoms. The summed E-state index contributed by atoms with van der Waals surface area (Å²) in [5.74, 6) is 1.19. The van der Waals surface area contributed by atoms with Gasteiger partial charge in [0.2, 0.25) is 0 Å². The number of para-hydroxylation sites is 1. The first-order valence-electron chi connectivity index (χ1n) is 15.0. The van der Waals surface area contributed by atoms with Crippen molar-refractivity contribution in [3.63, 3.8) is 0 Å². The van der Waals surface area contributed by atoms with Crippen LogP contribution >= 0.6 is 11.6 Å². The minimum atomic E-state index is -0.526. The summed E-state index contributed by atoms with van der Waals surface area (Å²) in [6.07, 6.45) is 4.33. The topological polar surface area (TPSA) is 74.4 Å². The SMILES string of the molecule is CC(NC(C)(C)C)C(=O)c1cccc(Cl)c1.CC[C@H]1CC2CN3CCc4c([nH]c5ccccc45)[C@](C(=O)OC)(C2)[C@H]13. The third-order valence-corrected chi connectivity index (χ3v) is 9.45. The van der Waals surface area contributed by atoms with Gasteiger partial charge in [-0.05, 0) is 82.6 Å². The summed E-state index contributed by atoms with van der Waals surface area (Å²) in [7, 11) is 1.55. The zero-order valence-corrected chi connectivity index (χ0v) is 26.0. The molecule has 7 heteroatoms. The van der Waals surface area contributed by atoms with Gasteiger partial charge in [0.05, 0.1) is 13.2 Å². The highest BCUT2D eigenvalue weighted by Gasteiger charge is 2.62. The van der Waals surface area contributed by atoms with Crippen LogP contribution in [-0.2, 0) is 21.4 Å². The zero-order chi connectivity index (χ0) is 29.5. The van der Waals surface area contributed by atoms with Crippen LogP contribution in [0.4, 0.5) is 0 Å². The molecule has 3 unspecified atom stereocenters. The Bertz CT molecular complexity index is 1430. The number of piperidine rings is 2. The number of hydrogen-bond donors (Lipinski definition) is 2. The molecule has 1 aromatic heterocycles. The molecule has 6 nitrogen and oxygen atoms in total. The van der Waals surface area contributed by atoms with Crippen LogP contribution in [0.5, 0.6) is 0 Å². The molecule has 3 fully saturated rings. The number of fused-ring (bicyclic) bond motifs is 4. The predicted octanol–water partition coefficient (Wildman–Crippen LogP) is 6.55. The van der Waals surface area contributed by atoms with Gasteiger partial charge in [-0.25, -0.2) is 0 Å². The first kappa shape index (κ1) is 29.8. The number of aromatic nitrogens is 1. The number of benzene rings is 2. The molecule has 220 valence electrons. The molecule has 3 aliphatic heterocycles. The van der Waals surface area contributed by atoms with Gasteiger partial charge in [-0.15, -0.1) is 0 Å². The molecule has 2 aromatic carbocycles. The number of hydrogen-bond acceptors (Lipinski definition) is 5. The van der Waals surface area contributed by atoms with Crippen molar-refractivity contribution in [1.82, 2.24) is 15.2 Å². The molecule has 4 bridgehead atoms. The van der Waals surface area contributed by atoms with Crippen LogP contribution in [0.25, 0.3) is 10.9 Å². The maximum absolute atomic E-state index is 13.3. The normalized spacial score (nSPS) is 27.3. The zero-order valence-electron chi connectivity index (χ0n) is 25.2. The number of methoxy groups -OCH3 is 1. The van der Waals surface area contributed by atoms with Crippen LogP contribution in [0, 0.1) is 11.8 Å². The molecule has 3 aromatic rings. The van der Waals surface area contributed by atoms with Gasteiger partial charge in [0.25, 0.3) is 0 Å². The number of Topliss-reactive ketones (excluding diaryl/α,β-unsaturated/α-hetero) is 1. The van der Waals surface area contributed by atoms with Gasteiger partial charge < -0.3 is 15.0 Å². The second kappa shape index (κ2) is 11.5. The lowest BCUT2D eigenvalue weighted by Crippen LogP contribution is -2.67. The summed E-state index contributed by atoms with van der Waals surface area (Å²) in [6, 6.07) is 15.6. The minimum Gasteiger partial charge on any atom is -0.468 e.